The molecule has 0 saturated carbocycles. The van der Waals surface area contributed by atoms with Gasteiger partial charge < -0.3 is 10.5 Å². The van der Waals surface area contributed by atoms with Gasteiger partial charge in [0.1, 0.15) is 5.75 Å². The van der Waals surface area contributed by atoms with E-state index >= 15 is 0 Å². The van der Waals surface area contributed by atoms with Crippen molar-refractivity contribution in [3.05, 3.63) is 64.1 Å². The minimum Gasteiger partial charge on any atom is -0.491 e. The quantitative estimate of drug-likeness (QED) is 0.875. The average Bonchev–Trinajstić information content (AvgIpc) is 2.41. The van der Waals surface area contributed by atoms with Crippen LogP contribution < -0.4 is 10.5 Å². The Kier molecular flexibility index (Phi) is 5.21. The zero-order chi connectivity index (χ0) is 14.5. The summed E-state index contributed by atoms with van der Waals surface area (Å²) in [6, 6.07) is 16.2. The maximum Gasteiger partial charge on any atom is 0.120 e. The van der Waals surface area contributed by atoms with Crippen LogP contribution in [0.15, 0.2) is 53.0 Å². The molecule has 20 heavy (non-hydrogen) atoms. The molecule has 1 unspecified atom stereocenters. The summed E-state index contributed by atoms with van der Waals surface area (Å²) in [5.41, 5.74) is 8.63. The molecule has 1 atom stereocenters. The van der Waals surface area contributed by atoms with Crippen LogP contribution in [0.4, 0.5) is 0 Å². The number of hydrogen-bond donors (Lipinski definition) is 1. The van der Waals surface area contributed by atoms with Crippen LogP contribution in [-0.2, 0) is 6.42 Å². The molecule has 0 aliphatic heterocycles. The van der Waals surface area contributed by atoms with Crippen molar-refractivity contribution < 1.29 is 4.74 Å². The third-order valence-electron chi connectivity index (χ3n) is 3.06. The second-order valence-electron chi connectivity index (χ2n) is 5.14. The summed E-state index contributed by atoms with van der Waals surface area (Å²) >= 11 is 3.56. The number of benzene rings is 2. The monoisotopic (exact) mass is 333 g/mol. The van der Waals surface area contributed by atoms with Crippen LogP contribution in [0, 0.1) is 0 Å². The predicted molar refractivity (Wildman–Crippen MR) is 87.0 cm³/mol. The van der Waals surface area contributed by atoms with Crippen molar-refractivity contribution in [2.75, 3.05) is 0 Å². The van der Waals surface area contributed by atoms with Crippen LogP contribution in [0.5, 0.6) is 5.75 Å². The van der Waals surface area contributed by atoms with E-state index in [1.807, 2.05) is 50.2 Å². The van der Waals surface area contributed by atoms with E-state index < -0.39 is 0 Å². The zero-order valence-electron chi connectivity index (χ0n) is 11.8. The lowest BCUT2D eigenvalue weighted by Gasteiger charge is -2.16. The summed E-state index contributed by atoms with van der Waals surface area (Å²) in [6.45, 7) is 4.04. The first-order valence-corrected chi connectivity index (χ1v) is 7.61. The van der Waals surface area contributed by atoms with Gasteiger partial charge in [-0.05, 0) is 49.6 Å². The van der Waals surface area contributed by atoms with E-state index in [1.165, 1.54) is 5.56 Å². The summed E-state index contributed by atoms with van der Waals surface area (Å²) in [7, 11) is 0. The highest BCUT2D eigenvalue weighted by Gasteiger charge is 2.10. The molecule has 2 N–H and O–H groups in total. The fourth-order valence-electron chi connectivity index (χ4n) is 2.11. The van der Waals surface area contributed by atoms with Gasteiger partial charge in [-0.1, -0.05) is 46.3 Å². The predicted octanol–water partition coefficient (Wildman–Crippen LogP) is 4.48. The molecular weight excluding hydrogens is 314 g/mol. The van der Waals surface area contributed by atoms with E-state index in [0.717, 1.165) is 22.2 Å². The first-order valence-electron chi connectivity index (χ1n) is 6.82. The molecule has 0 spiro atoms. The van der Waals surface area contributed by atoms with Crippen LogP contribution in [0.25, 0.3) is 0 Å². The summed E-state index contributed by atoms with van der Waals surface area (Å²) in [6.07, 6.45) is 0.969. The fourth-order valence-corrected chi connectivity index (χ4v) is 2.56. The Labute approximate surface area is 129 Å². The van der Waals surface area contributed by atoms with Gasteiger partial charge in [0.15, 0.2) is 0 Å². The van der Waals surface area contributed by atoms with Crippen LogP contribution in [0.1, 0.15) is 31.0 Å². The van der Waals surface area contributed by atoms with Gasteiger partial charge in [-0.3, -0.25) is 0 Å². The van der Waals surface area contributed by atoms with Gasteiger partial charge in [0, 0.05) is 10.5 Å². The topological polar surface area (TPSA) is 35.2 Å². The first-order chi connectivity index (χ1) is 9.56. The van der Waals surface area contributed by atoms with E-state index in [4.69, 9.17) is 10.5 Å². The molecule has 0 aliphatic rings. The molecule has 2 nitrogen and oxygen atoms in total. The normalized spacial score (nSPS) is 12.4. The molecule has 3 heteroatoms. The lowest BCUT2D eigenvalue weighted by atomic mass is 9.99. The molecule has 2 rings (SSSR count). The molecular formula is C17H20BrNO. The summed E-state index contributed by atoms with van der Waals surface area (Å²) in [5, 5.41) is 0. The molecule has 2 aromatic carbocycles. The number of halogens is 1. The highest BCUT2D eigenvalue weighted by molar-refractivity contribution is 9.10. The lowest BCUT2D eigenvalue weighted by molar-refractivity contribution is 0.242. The smallest absolute Gasteiger partial charge is 0.120 e. The highest BCUT2D eigenvalue weighted by atomic mass is 79.9. The molecule has 0 radical (unpaired) electrons. The Hall–Kier alpha value is -1.32. The van der Waals surface area contributed by atoms with Gasteiger partial charge in [-0.25, -0.2) is 0 Å². The van der Waals surface area contributed by atoms with Crippen LogP contribution >= 0.6 is 15.9 Å². The molecule has 106 valence electrons. The highest BCUT2D eigenvalue weighted by Crippen LogP contribution is 2.24. The SMILES string of the molecule is CC(C)Oc1cccc(C(N)Cc2ccccc2Br)c1. The van der Waals surface area contributed by atoms with Gasteiger partial charge in [0.05, 0.1) is 6.10 Å². The minimum atomic E-state index is -0.0376. The Morgan fingerprint density at radius 3 is 2.55 bits per heavy atom. The molecule has 0 amide bonds. The summed E-state index contributed by atoms with van der Waals surface area (Å²) < 4.78 is 6.82. The standard InChI is InChI=1S/C17H20BrNO/c1-12(2)20-15-8-5-7-14(10-15)17(19)11-13-6-3-4-9-16(13)18/h3-10,12,17H,11,19H2,1-2H3. The van der Waals surface area contributed by atoms with E-state index in [0.29, 0.717) is 0 Å². The Balaban J connectivity index is 2.13. The maximum atomic E-state index is 6.32. The average molecular weight is 334 g/mol. The summed E-state index contributed by atoms with van der Waals surface area (Å²) in [4.78, 5) is 0. The molecule has 0 aliphatic carbocycles. The molecule has 0 aromatic heterocycles. The molecule has 0 bridgehead atoms. The van der Waals surface area contributed by atoms with E-state index in [9.17, 15) is 0 Å². The van der Waals surface area contributed by atoms with Crippen molar-refractivity contribution in [3.63, 3.8) is 0 Å². The maximum absolute atomic E-state index is 6.32. The Morgan fingerprint density at radius 1 is 1.10 bits per heavy atom. The van der Waals surface area contributed by atoms with Gasteiger partial charge in [-0.2, -0.15) is 0 Å². The van der Waals surface area contributed by atoms with Crippen molar-refractivity contribution in [3.8, 4) is 5.75 Å². The third kappa shape index (κ3) is 4.09. The van der Waals surface area contributed by atoms with Gasteiger partial charge >= 0.3 is 0 Å². The van der Waals surface area contributed by atoms with Gasteiger partial charge in [0.25, 0.3) is 0 Å². The number of hydrogen-bond acceptors (Lipinski definition) is 2. The molecule has 0 saturated heterocycles. The number of rotatable bonds is 5. The third-order valence-corrected chi connectivity index (χ3v) is 3.83. The van der Waals surface area contributed by atoms with Crippen molar-refractivity contribution in [1.82, 2.24) is 0 Å². The van der Waals surface area contributed by atoms with Crippen LogP contribution in [-0.4, -0.2) is 6.10 Å². The van der Waals surface area contributed by atoms with Gasteiger partial charge in [0.2, 0.25) is 0 Å². The van der Waals surface area contributed by atoms with Crippen LogP contribution in [0.2, 0.25) is 0 Å². The van der Waals surface area contributed by atoms with Crippen LogP contribution in [0.3, 0.4) is 0 Å². The van der Waals surface area contributed by atoms with Crippen molar-refractivity contribution >= 4 is 15.9 Å². The minimum absolute atomic E-state index is 0.0376. The summed E-state index contributed by atoms with van der Waals surface area (Å²) in [5.74, 6) is 0.875. The van der Waals surface area contributed by atoms with E-state index in [1.54, 1.807) is 0 Å². The Morgan fingerprint density at radius 2 is 1.85 bits per heavy atom. The number of nitrogens with two attached hydrogens (primary N) is 1. The first kappa shape index (κ1) is 15.1. The second-order valence-corrected chi connectivity index (χ2v) is 6.00. The zero-order valence-corrected chi connectivity index (χ0v) is 13.4. The van der Waals surface area contributed by atoms with E-state index in [2.05, 4.69) is 28.1 Å². The van der Waals surface area contributed by atoms with Crippen molar-refractivity contribution in [1.29, 1.82) is 0 Å². The fraction of sp³-hybridized carbons (Fsp3) is 0.294. The second kappa shape index (κ2) is 6.91. The van der Waals surface area contributed by atoms with Crippen molar-refractivity contribution in [2.24, 2.45) is 5.73 Å². The van der Waals surface area contributed by atoms with Crippen molar-refractivity contribution in [2.45, 2.75) is 32.4 Å². The molecule has 0 heterocycles. The van der Waals surface area contributed by atoms with Gasteiger partial charge in [-0.15, -0.1) is 0 Å². The molecule has 2 aromatic rings. The molecule has 0 fully saturated rings. The lowest BCUT2D eigenvalue weighted by Crippen LogP contribution is -2.14. The Bertz CT molecular complexity index is 568. The number of ether oxygens (including phenoxy) is 1. The largest absolute Gasteiger partial charge is 0.491 e. The van der Waals surface area contributed by atoms with E-state index in [-0.39, 0.29) is 12.1 Å².